The van der Waals surface area contributed by atoms with Crippen molar-refractivity contribution in [3.8, 4) is 5.75 Å². The molecule has 2 rings (SSSR count). The van der Waals surface area contributed by atoms with Gasteiger partial charge in [-0.05, 0) is 49.1 Å². The van der Waals surface area contributed by atoms with Crippen LogP contribution in [0.15, 0.2) is 47.4 Å². The largest absolute Gasteiger partial charge is 0.483 e. The Kier molecular flexibility index (Phi) is 6.93. The van der Waals surface area contributed by atoms with E-state index in [1.165, 1.54) is 31.2 Å². The molecule has 0 spiro atoms. The number of carbonyl (C=O) groups is 2. The van der Waals surface area contributed by atoms with Gasteiger partial charge in [0.2, 0.25) is 0 Å². The highest BCUT2D eigenvalue weighted by atomic mass is 32.2. The van der Waals surface area contributed by atoms with Crippen LogP contribution in [0.2, 0.25) is 0 Å². The monoisotopic (exact) mass is 404 g/mol. The van der Waals surface area contributed by atoms with Crippen LogP contribution in [0, 0.1) is 6.92 Å². The number of carbonyl (C=O) groups excluding carboxylic acids is 2. The van der Waals surface area contributed by atoms with Gasteiger partial charge in [0.15, 0.2) is 12.4 Å². The lowest BCUT2D eigenvalue weighted by atomic mass is 10.0. The molecule has 0 aromatic heterocycles. The Morgan fingerprint density at radius 1 is 1.11 bits per heavy atom. The smallest absolute Gasteiger partial charge is 0.272 e. The fraction of sp³-hybridized carbons (Fsp3) is 0.300. The van der Waals surface area contributed by atoms with Crippen molar-refractivity contribution in [3.63, 3.8) is 0 Å². The average Bonchev–Trinajstić information content (AvgIpc) is 2.64. The Morgan fingerprint density at radius 2 is 1.82 bits per heavy atom. The van der Waals surface area contributed by atoms with Crippen LogP contribution in [0.3, 0.4) is 0 Å². The lowest BCUT2D eigenvalue weighted by Gasteiger charge is -2.15. The highest BCUT2D eigenvalue weighted by Crippen LogP contribution is 2.27. The summed E-state index contributed by atoms with van der Waals surface area (Å²) in [6.45, 7) is 6.94. The molecule has 2 N–H and O–H groups in total. The van der Waals surface area contributed by atoms with Crippen molar-refractivity contribution < 1.29 is 22.7 Å². The SMILES string of the molecule is CC(=O)c1cccc(S(=O)(=O)NNC(=O)COc2cc(C)ccc2C(C)C)c1. The first-order chi connectivity index (χ1) is 13.1. The molecular formula is C20H24N2O5S. The number of hydrazine groups is 1. The minimum absolute atomic E-state index is 0.123. The second-order valence-corrected chi connectivity index (χ2v) is 8.40. The second-order valence-electron chi connectivity index (χ2n) is 6.72. The molecule has 0 heterocycles. The number of ether oxygens (including phenoxy) is 1. The van der Waals surface area contributed by atoms with Gasteiger partial charge in [0.25, 0.3) is 15.9 Å². The van der Waals surface area contributed by atoms with E-state index < -0.39 is 15.9 Å². The summed E-state index contributed by atoms with van der Waals surface area (Å²) < 4.78 is 30.2. The van der Waals surface area contributed by atoms with Gasteiger partial charge in [-0.1, -0.05) is 38.1 Å². The maximum absolute atomic E-state index is 12.3. The summed E-state index contributed by atoms with van der Waals surface area (Å²) in [4.78, 5) is 25.3. The quantitative estimate of drug-likeness (QED) is 0.520. The van der Waals surface area contributed by atoms with E-state index in [4.69, 9.17) is 4.74 Å². The highest BCUT2D eigenvalue weighted by Gasteiger charge is 2.17. The van der Waals surface area contributed by atoms with Crippen LogP contribution < -0.4 is 15.0 Å². The third kappa shape index (κ3) is 5.64. The zero-order valence-corrected chi connectivity index (χ0v) is 17.1. The molecule has 0 saturated carbocycles. The molecule has 0 fully saturated rings. The first-order valence-electron chi connectivity index (χ1n) is 8.75. The minimum Gasteiger partial charge on any atom is -0.483 e. The Morgan fingerprint density at radius 3 is 2.46 bits per heavy atom. The Labute approximate surface area is 165 Å². The molecule has 150 valence electrons. The van der Waals surface area contributed by atoms with E-state index >= 15 is 0 Å². The normalized spacial score (nSPS) is 11.3. The van der Waals surface area contributed by atoms with Gasteiger partial charge in [0.05, 0.1) is 4.90 Å². The van der Waals surface area contributed by atoms with Gasteiger partial charge in [-0.15, -0.1) is 4.83 Å². The van der Waals surface area contributed by atoms with Crippen LogP contribution in [0.1, 0.15) is 48.2 Å². The van der Waals surface area contributed by atoms with Gasteiger partial charge in [0, 0.05) is 5.56 Å². The molecule has 0 bridgehead atoms. The summed E-state index contributed by atoms with van der Waals surface area (Å²) in [5, 5.41) is 0. The Balaban J connectivity index is 2.00. The second kappa shape index (κ2) is 8.99. The maximum Gasteiger partial charge on any atom is 0.272 e. The van der Waals surface area contributed by atoms with Gasteiger partial charge >= 0.3 is 0 Å². The number of aryl methyl sites for hydroxylation is 1. The fourth-order valence-electron chi connectivity index (χ4n) is 2.49. The van der Waals surface area contributed by atoms with Crippen molar-refractivity contribution >= 4 is 21.7 Å². The Bertz CT molecular complexity index is 984. The van der Waals surface area contributed by atoms with Gasteiger partial charge in [0.1, 0.15) is 5.75 Å². The number of Topliss-reactive ketones (excluding diaryl/α,β-unsaturated/α-hetero) is 1. The number of ketones is 1. The van der Waals surface area contributed by atoms with Crippen molar-refractivity contribution in [2.75, 3.05) is 6.61 Å². The van der Waals surface area contributed by atoms with Crippen LogP contribution in [0.4, 0.5) is 0 Å². The van der Waals surface area contributed by atoms with E-state index in [0.717, 1.165) is 11.1 Å². The van der Waals surface area contributed by atoms with Crippen molar-refractivity contribution in [3.05, 3.63) is 59.2 Å². The van der Waals surface area contributed by atoms with Gasteiger partial charge in [-0.2, -0.15) is 0 Å². The molecule has 0 saturated heterocycles. The summed E-state index contributed by atoms with van der Waals surface area (Å²) in [5.74, 6) is -0.107. The highest BCUT2D eigenvalue weighted by molar-refractivity contribution is 7.89. The number of benzene rings is 2. The lowest BCUT2D eigenvalue weighted by Crippen LogP contribution is -2.43. The molecule has 0 aliphatic rings. The first kappa shape index (κ1) is 21.6. The van der Waals surface area contributed by atoms with Crippen LogP contribution in [0.25, 0.3) is 0 Å². The number of hydrogen-bond acceptors (Lipinski definition) is 5. The van der Waals surface area contributed by atoms with Crippen molar-refractivity contribution in [1.82, 2.24) is 10.3 Å². The summed E-state index contributed by atoms with van der Waals surface area (Å²) >= 11 is 0. The standard InChI is InChI=1S/C20H24N2O5S/c1-13(2)18-9-8-14(3)10-19(18)27-12-20(24)21-22-28(25,26)17-7-5-6-16(11-17)15(4)23/h5-11,13,22H,12H2,1-4H3,(H,21,24). The van der Waals surface area contributed by atoms with E-state index in [2.05, 4.69) is 5.43 Å². The molecule has 2 aromatic carbocycles. The van der Waals surface area contributed by atoms with E-state index in [1.807, 2.05) is 43.8 Å². The summed E-state index contributed by atoms with van der Waals surface area (Å²) in [6, 6.07) is 11.3. The van der Waals surface area contributed by atoms with Gasteiger partial charge in [-0.3, -0.25) is 15.0 Å². The van der Waals surface area contributed by atoms with Crippen LogP contribution in [0.5, 0.6) is 5.75 Å². The van der Waals surface area contributed by atoms with E-state index in [-0.39, 0.29) is 28.8 Å². The zero-order valence-electron chi connectivity index (χ0n) is 16.3. The molecule has 8 heteroatoms. The summed E-state index contributed by atoms with van der Waals surface area (Å²) in [5.41, 5.74) is 4.33. The van der Waals surface area contributed by atoms with Gasteiger partial charge in [-0.25, -0.2) is 8.42 Å². The number of rotatable bonds is 8. The van der Waals surface area contributed by atoms with Crippen molar-refractivity contribution in [2.24, 2.45) is 0 Å². The van der Waals surface area contributed by atoms with Crippen LogP contribution in [-0.4, -0.2) is 26.7 Å². The lowest BCUT2D eigenvalue weighted by molar-refractivity contribution is -0.123. The summed E-state index contributed by atoms with van der Waals surface area (Å²) in [6.07, 6.45) is 0. The third-order valence-electron chi connectivity index (χ3n) is 4.03. The Hall–Kier alpha value is -2.71. The molecule has 2 aromatic rings. The van der Waals surface area contributed by atoms with Gasteiger partial charge < -0.3 is 4.74 Å². The van der Waals surface area contributed by atoms with Crippen LogP contribution >= 0.6 is 0 Å². The van der Waals surface area contributed by atoms with Crippen molar-refractivity contribution in [1.29, 1.82) is 0 Å². The maximum atomic E-state index is 12.3. The average molecular weight is 404 g/mol. The number of nitrogens with one attached hydrogen (secondary N) is 2. The molecule has 1 amide bonds. The zero-order chi connectivity index (χ0) is 20.9. The van der Waals surface area contributed by atoms with E-state index in [0.29, 0.717) is 5.75 Å². The predicted octanol–water partition coefficient (Wildman–Crippen LogP) is 2.71. The fourth-order valence-corrected chi connectivity index (χ4v) is 3.39. The van der Waals surface area contributed by atoms with E-state index in [1.54, 1.807) is 0 Å². The predicted molar refractivity (Wildman–Crippen MR) is 106 cm³/mol. The topological polar surface area (TPSA) is 102 Å². The molecule has 0 atom stereocenters. The number of sulfonamides is 1. The van der Waals surface area contributed by atoms with E-state index in [9.17, 15) is 18.0 Å². The van der Waals surface area contributed by atoms with Crippen LogP contribution in [-0.2, 0) is 14.8 Å². The van der Waals surface area contributed by atoms with Crippen molar-refractivity contribution in [2.45, 2.75) is 38.5 Å². The molecule has 0 aliphatic heterocycles. The number of amides is 1. The molecule has 0 radical (unpaired) electrons. The summed E-state index contributed by atoms with van der Waals surface area (Å²) in [7, 11) is -4.01. The minimum atomic E-state index is -4.01. The molecule has 7 nitrogen and oxygen atoms in total. The third-order valence-corrected chi connectivity index (χ3v) is 5.27. The molecular weight excluding hydrogens is 380 g/mol. The number of hydrogen-bond donors (Lipinski definition) is 2. The molecule has 0 aliphatic carbocycles. The first-order valence-corrected chi connectivity index (χ1v) is 10.2. The molecule has 28 heavy (non-hydrogen) atoms. The molecule has 0 unspecified atom stereocenters.